The summed E-state index contributed by atoms with van der Waals surface area (Å²) in [6.07, 6.45) is 1.03. The monoisotopic (exact) mass is 508 g/mol. The highest BCUT2D eigenvalue weighted by atomic mass is 35.5. The molecule has 0 aliphatic carbocycles. The predicted molar refractivity (Wildman–Crippen MR) is 121 cm³/mol. The molecule has 1 amide bonds. The summed E-state index contributed by atoms with van der Waals surface area (Å²) in [5, 5.41) is 9.96. The molecular formula is C21H18ClFN4O6S. The Morgan fingerprint density at radius 2 is 2.00 bits per heavy atom. The highest BCUT2D eigenvalue weighted by Crippen LogP contribution is 2.28. The summed E-state index contributed by atoms with van der Waals surface area (Å²) in [5.74, 6) is -1.88. The van der Waals surface area contributed by atoms with Crippen molar-refractivity contribution in [1.82, 2.24) is 14.7 Å². The van der Waals surface area contributed by atoms with Gasteiger partial charge in [0.05, 0.1) is 22.9 Å². The lowest BCUT2D eigenvalue weighted by Gasteiger charge is -2.11. The van der Waals surface area contributed by atoms with Crippen LogP contribution in [-0.4, -0.2) is 35.8 Å². The van der Waals surface area contributed by atoms with E-state index in [1.807, 2.05) is 13.8 Å². The van der Waals surface area contributed by atoms with Crippen LogP contribution in [0.3, 0.4) is 0 Å². The highest BCUT2D eigenvalue weighted by molar-refractivity contribution is 7.90. The Balaban J connectivity index is 1.84. The summed E-state index contributed by atoms with van der Waals surface area (Å²) in [5.41, 5.74) is 0.270. The summed E-state index contributed by atoms with van der Waals surface area (Å²) in [7, 11) is -4.54. The maximum absolute atomic E-state index is 14.1. The normalized spacial score (nSPS) is 11.3. The smallest absolute Gasteiger partial charge is 0.364 e. The highest BCUT2D eigenvalue weighted by Gasteiger charge is 2.27. The molecule has 2 heterocycles. The van der Waals surface area contributed by atoms with Crippen molar-refractivity contribution in [3.05, 3.63) is 75.2 Å². The van der Waals surface area contributed by atoms with Crippen LogP contribution < -0.4 is 9.46 Å². The van der Waals surface area contributed by atoms with Gasteiger partial charge in [-0.3, -0.25) is 9.78 Å². The molecule has 0 radical (unpaired) electrons. The maximum atomic E-state index is 14.1. The molecule has 10 nitrogen and oxygen atoms in total. The van der Waals surface area contributed by atoms with Gasteiger partial charge >= 0.3 is 15.8 Å². The zero-order valence-corrected chi connectivity index (χ0v) is 19.4. The third-order valence-corrected chi connectivity index (χ3v) is 5.79. The summed E-state index contributed by atoms with van der Waals surface area (Å²) in [4.78, 5) is 30.0. The van der Waals surface area contributed by atoms with E-state index in [-0.39, 0.29) is 22.2 Å². The fourth-order valence-corrected chi connectivity index (χ4v) is 3.87. The fourth-order valence-electron chi connectivity index (χ4n) is 2.70. The third kappa shape index (κ3) is 6.02. The number of nitrogens with one attached hydrogen (secondary N) is 1. The van der Waals surface area contributed by atoms with Crippen LogP contribution >= 0.6 is 11.6 Å². The van der Waals surface area contributed by atoms with E-state index in [0.717, 1.165) is 24.4 Å². The van der Waals surface area contributed by atoms with Gasteiger partial charge in [-0.1, -0.05) is 25.4 Å². The number of aromatic nitrogens is 2. The van der Waals surface area contributed by atoms with Crippen LogP contribution in [-0.2, 0) is 10.0 Å². The fraction of sp³-hybridized carbons (Fsp3) is 0.190. The van der Waals surface area contributed by atoms with E-state index in [1.54, 1.807) is 10.8 Å². The largest absolute Gasteiger partial charge is 0.493 e. The van der Waals surface area contributed by atoms with Gasteiger partial charge in [-0.15, -0.1) is 0 Å². The van der Waals surface area contributed by atoms with Crippen LogP contribution in [0.15, 0.2) is 53.7 Å². The van der Waals surface area contributed by atoms with E-state index in [1.165, 1.54) is 18.2 Å². The number of carbonyl (C=O) groups is 1. The van der Waals surface area contributed by atoms with Gasteiger partial charge in [0.15, 0.2) is 0 Å². The minimum Gasteiger partial charge on any atom is -0.493 e. The topological polar surface area (TPSA) is 141 Å². The van der Waals surface area contributed by atoms with E-state index >= 15 is 0 Å². The van der Waals surface area contributed by atoms with Gasteiger partial charge in [-0.05, 0) is 40.1 Å². The van der Waals surface area contributed by atoms with Crippen molar-refractivity contribution in [3.8, 4) is 17.0 Å². The number of sulfonamides is 1. The molecule has 0 atom stereocenters. The van der Waals surface area contributed by atoms with Crippen molar-refractivity contribution < 1.29 is 27.3 Å². The number of ether oxygens (including phenoxy) is 1. The molecule has 1 aromatic carbocycles. The van der Waals surface area contributed by atoms with Crippen molar-refractivity contribution in [2.24, 2.45) is 5.92 Å². The number of hydrogen-bond donors (Lipinski definition) is 1. The van der Waals surface area contributed by atoms with Crippen LogP contribution in [0.4, 0.5) is 10.2 Å². The molecular weight excluding hydrogens is 491 g/mol. The Morgan fingerprint density at radius 1 is 1.26 bits per heavy atom. The number of carbonyl (C=O) groups excluding carboxylic acids is 1. The van der Waals surface area contributed by atoms with Crippen LogP contribution in [0.25, 0.3) is 11.3 Å². The lowest BCUT2D eigenvalue weighted by Crippen LogP contribution is -2.31. The summed E-state index contributed by atoms with van der Waals surface area (Å²) < 4.78 is 46.2. The van der Waals surface area contributed by atoms with Crippen molar-refractivity contribution in [1.29, 1.82) is 0 Å². The van der Waals surface area contributed by atoms with Crippen LogP contribution in [0.2, 0.25) is 5.02 Å². The molecule has 0 fully saturated rings. The number of halogens is 2. The van der Waals surface area contributed by atoms with Gasteiger partial charge in [0.1, 0.15) is 11.6 Å². The van der Waals surface area contributed by atoms with E-state index in [9.17, 15) is 27.7 Å². The Bertz CT molecular complexity index is 1370. The number of pyridine rings is 2. The number of amides is 1. The van der Waals surface area contributed by atoms with Crippen molar-refractivity contribution in [2.75, 3.05) is 6.61 Å². The number of rotatable bonds is 8. The average molecular weight is 509 g/mol. The summed E-state index contributed by atoms with van der Waals surface area (Å²) in [6.45, 7) is 4.27. The molecule has 0 bridgehead atoms. The van der Waals surface area contributed by atoms with E-state index in [4.69, 9.17) is 16.3 Å². The lowest BCUT2D eigenvalue weighted by atomic mass is 10.1. The zero-order valence-electron chi connectivity index (χ0n) is 17.9. The second kappa shape index (κ2) is 10.1. The average Bonchev–Trinajstić information content (AvgIpc) is 2.77. The first kappa shape index (κ1) is 25.0. The van der Waals surface area contributed by atoms with E-state index in [2.05, 4.69) is 9.97 Å². The van der Waals surface area contributed by atoms with E-state index < -0.39 is 37.5 Å². The SMILES string of the molecule is CC(C)COc1cc(F)cc(-c2cc(Cl)c(C(=O)NS(=O)(=O)c3cccc([N+](=O)[O-])n3)cn2)c1. The molecule has 3 rings (SSSR count). The van der Waals surface area contributed by atoms with Crippen LogP contribution in [0, 0.1) is 21.8 Å². The lowest BCUT2D eigenvalue weighted by molar-refractivity contribution is -0.390. The molecule has 0 saturated heterocycles. The molecule has 0 aliphatic heterocycles. The first-order chi connectivity index (χ1) is 16.0. The molecule has 13 heteroatoms. The Hall–Kier alpha value is -3.64. The minimum absolute atomic E-state index is 0.154. The Morgan fingerprint density at radius 3 is 2.65 bits per heavy atom. The van der Waals surface area contributed by atoms with Crippen molar-refractivity contribution >= 4 is 33.3 Å². The molecule has 178 valence electrons. The maximum Gasteiger partial charge on any atom is 0.364 e. The van der Waals surface area contributed by atoms with Gasteiger partial charge in [0, 0.05) is 30.0 Å². The Labute approximate surface area is 199 Å². The number of benzene rings is 1. The van der Waals surface area contributed by atoms with Gasteiger partial charge in [-0.25, -0.2) is 9.11 Å². The van der Waals surface area contributed by atoms with Gasteiger partial charge in [-0.2, -0.15) is 8.42 Å². The number of nitro groups is 1. The summed E-state index contributed by atoms with van der Waals surface area (Å²) in [6, 6.07) is 8.38. The quantitative estimate of drug-likeness (QED) is 0.355. The first-order valence-electron chi connectivity index (χ1n) is 9.74. The zero-order chi connectivity index (χ0) is 25.0. The molecule has 2 aromatic heterocycles. The summed E-state index contributed by atoms with van der Waals surface area (Å²) >= 11 is 6.17. The minimum atomic E-state index is -4.54. The molecule has 0 saturated carbocycles. The van der Waals surface area contributed by atoms with Crippen molar-refractivity contribution in [2.45, 2.75) is 18.9 Å². The predicted octanol–water partition coefficient (Wildman–Crippen LogP) is 4.00. The third-order valence-electron chi connectivity index (χ3n) is 4.25. The molecule has 0 aliphatic rings. The second-order valence-corrected chi connectivity index (χ2v) is 9.49. The van der Waals surface area contributed by atoms with E-state index in [0.29, 0.717) is 17.9 Å². The van der Waals surface area contributed by atoms with Crippen LogP contribution in [0.1, 0.15) is 24.2 Å². The first-order valence-corrected chi connectivity index (χ1v) is 11.6. The molecule has 0 spiro atoms. The van der Waals surface area contributed by atoms with Crippen molar-refractivity contribution in [3.63, 3.8) is 0 Å². The standard InChI is InChI=1S/C21H18ClFN4O6S/c1-12(2)11-33-15-7-13(6-14(23)8-15)18-9-17(22)16(10-24-18)21(28)26-34(31,32)20-5-3-4-19(25-20)27(29)30/h3-10,12H,11H2,1-2H3,(H,26,28). The molecule has 0 unspecified atom stereocenters. The second-order valence-electron chi connectivity index (χ2n) is 7.46. The van der Waals surface area contributed by atoms with Gasteiger partial charge in [0.25, 0.3) is 10.9 Å². The number of hydrogen-bond acceptors (Lipinski definition) is 8. The van der Waals surface area contributed by atoms with Gasteiger partial charge in [0.2, 0.25) is 0 Å². The number of nitrogens with zero attached hydrogens (tertiary/aromatic N) is 3. The molecule has 1 N–H and O–H groups in total. The molecule has 3 aromatic rings. The Kier molecular flexibility index (Phi) is 7.42. The molecule has 34 heavy (non-hydrogen) atoms. The van der Waals surface area contributed by atoms with Crippen LogP contribution in [0.5, 0.6) is 5.75 Å². The van der Waals surface area contributed by atoms with Gasteiger partial charge < -0.3 is 14.9 Å².